The minimum absolute atomic E-state index is 0.00588. The largest absolute Gasteiger partial charge is 0.695 e. The molecule has 0 saturated heterocycles. The lowest BCUT2D eigenvalue weighted by atomic mass is 9.84. The van der Waals surface area contributed by atoms with Crippen molar-refractivity contribution in [1.82, 2.24) is 24.8 Å². The maximum absolute atomic E-state index is 11.8. The zero-order valence-corrected chi connectivity index (χ0v) is 32.2. The molecule has 4 aromatic rings. The first kappa shape index (κ1) is 41.2. The Labute approximate surface area is 319 Å². The molecular weight excluding hydrogens is 709 g/mol. The summed E-state index contributed by atoms with van der Waals surface area (Å²) in [5.74, 6) is 1.02. The monoisotopic (exact) mass is 762 g/mol. The number of hydrogen-bond acceptors (Lipinski definition) is 12. The molecule has 0 bridgehead atoms. The lowest BCUT2D eigenvalue weighted by Gasteiger charge is -2.41. The number of benzene rings is 2. The third-order valence-electron chi connectivity index (χ3n) is 10.3. The molecule has 13 nitrogen and oxygen atoms in total. The maximum atomic E-state index is 11.8. The smallest absolute Gasteiger partial charge is 0.474 e. The van der Waals surface area contributed by atoms with Crippen LogP contribution in [-0.4, -0.2) is 91.1 Å². The Hall–Kier alpha value is -3.94. The number of aromatic nitrogens is 4. The predicted octanol–water partition coefficient (Wildman–Crippen LogP) is 6.20. The molecule has 2 aromatic heterocycles. The van der Waals surface area contributed by atoms with Gasteiger partial charge in [-0.1, -0.05) is 74.5 Å². The Balaban J connectivity index is 0.000000210. The summed E-state index contributed by atoms with van der Waals surface area (Å²) in [5, 5.41) is 11.8. The topological polar surface area (TPSA) is 158 Å². The van der Waals surface area contributed by atoms with E-state index in [1.165, 1.54) is 12.7 Å². The van der Waals surface area contributed by atoms with Crippen LogP contribution in [0.1, 0.15) is 57.6 Å². The average Bonchev–Trinajstić information content (AvgIpc) is 3.72. The van der Waals surface area contributed by atoms with E-state index in [2.05, 4.69) is 57.7 Å². The van der Waals surface area contributed by atoms with E-state index < -0.39 is 13.9 Å². The Morgan fingerprint density at radius 2 is 1.35 bits per heavy atom. The van der Waals surface area contributed by atoms with Crippen LogP contribution in [0.5, 0.6) is 11.8 Å². The summed E-state index contributed by atoms with van der Waals surface area (Å²) >= 11 is 0. The number of likely N-dealkylation sites (N-methyl/N-ethyl adjacent to an activating group) is 1. The summed E-state index contributed by atoms with van der Waals surface area (Å²) < 4.78 is 40.0. The molecule has 2 saturated carbocycles. The van der Waals surface area contributed by atoms with Crippen LogP contribution in [0.2, 0.25) is 0 Å². The van der Waals surface area contributed by atoms with Gasteiger partial charge in [0.1, 0.15) is 31.0 Å². The van der Waals surface area contributed by atoms with E-state index in [4.69, 9.17) is 28.4 Å². The normalized spacial score (nSPS) is 24.4. The zero-order chi connectivity index (χ0) is 38.2. The van der Waals surface area contributed by atoms with Crippen LogP contribution in [0.4, 0.5) is 0 Å². The first-order valence-corrected chi connectivity index (χ1v) is 19.8. The second-order valence-electron chi connectivity index (χ2n) is 13.7. The fourth-order valence-corrected chi connectivity index (χ4v) is 7.91. The summed E-state index contributed by atoms with van der Waals surface area (Å²) in [5.41, 5.74) is 1.35. The molecule has 0 amide bonds. The first-order valence-electron chi connectivity index (χ1n) is 18.6. The van der Waals surface area contributed by atoms with E-state index in [0.717, 1.165) is 30.6 Å². The van der Waals surface area contributed by atoms with Gasteiger partial charge in [-0.15, -0.1) is 9.42 Å². The molecule has 8 atom stereocenters. The van der Waals surface area contributed by atoms with Gasteiger partial charge in [-0.25, -0.2) is 19.9 Å². The molecule has 2 heterocycles. The highest BCUT2D eigenvalue weighted by molar-refractivity contribution is 7.32. The van der Waals surface area contributed by atoms with Crippen molar-refractivity contribution in [3.63, 3.8) is 0 Å². The molecule has 14 heteroatoms. The summed E-state index contributed by atoms with van der Waals surface area (Å²) in [7, 11) is -2.66. The zero-order valence-electron chi connectivity index (χ0n) is 31.3. The van der Waals surface area contributed by atoms with Crippen LogP contribution in [0.3, 0.4) is 0 Å². The SMILES string of the molecule is CCN(CC)C(C)[C@]1(O)C[C@H](Oc2ccncn2)C[C@@H]1COCc1ccccc1.O=[P+](O)O[C@H]1C[C@H](Oc2ccncn2)C[C@@H]1COCc1ccccc1. The van der Waals surface area contributed by atoms with Crippen molar-refractivity contribution >= 4 is 8.25 Å². The quantitative estimate of drug-likeness (QED) is 0.111. The van der Waals surface area contributed by atoms with E-state index in [1.807, 2.05) is 48.5 Å². The molecule has 0 radical (unpaired) electrons. The van der Waals surface area contributed by atoms with Crippen molar-refractivity contribution in [2.45, 2.75) is 89.6 Å². The van der Waals surface area contributed by atoms with Crippen molar-refractivity contribution in [2.24, 2.45) is 11.8 Å². The third kappa shape index (κ3) is 12.3. The van der Waals surface area contributed by atoms with Gasteiger partial charge in [-0.05, 0) is 44.0 Å². The van der Waals surface area contributed by atoms with Crippen LogP contribution in [0, 0.1) is 11.8 Å². The van der Waals surface area contributed by atoms with Gasteiger partial charge in [0.15, 0.2) is 0 Å². The molecule has 2 aliphatic rings. The predicted molar refractivity (Wildman–Crippen MR) is 203 cm³/mol. The van der Waals surface area contributed by atoms with Crippen molar-refractivity contribution in [1.29, 1.82) is 0 Å². The van der Waals surface area contributed by atoms with Gasteiger partial charge >= 0.3 is 8.25 Å². The first-order chi connectivity index (χ1) is 26.3. The number of rotatable bonds is 18. The van der Waals surface area contributed by atoms with Crippen molar-refractivity contribution in [2.75, 3.05) is 26.3 Å². The number of nitrogens with zero attached hydrogens (tertiary/aromatic N) is 5. The van der Waals surface area contributed by atoms with Crippen molar-refractivity contribution in [3.05, 3.63) is 109 Å². The average molecular weight is 763 g/mol. The molecule has 0 aliphatic heterocycles. The van der Waals surface area contributed by atoms with Crippen LogP contribution < -0.4 is 9.47 Å². The van der Waals surface area contributed by atoms with E-state index in [9.17, 15) is 9.67 Å². The van der Waals surface area contributed by atoms with Crippen LogP contribution in [-0.2, 0) is 31.8 Å². The van der Waals surface area contributed by atoms with Gasteiger partial charge in [0.05, 0.1) is 32.0 Å². The van der Waals surface area contributed by atoms with E-state index in [0.29, 0.717) is 57.4 Å². The van der Waals surface area contributed by atoms with Gasteiger partial charge < -0.3 is 24.1 Å². The molecule has 0 spiro atoms. The van der Waals surface area contributed by atoms with Crippen LogP contribution in [0.25, 0.3) is 0 Å². The molecule has 2 N–H and O–H groups in total. The molecule has 54 heavy (non-hydrogen) atoms. The summed E-state index contributed by atoms with van der Waals surface area (Å²) in [6.45, 7) is 10.2. The van der Waals surface area contributed by atoms with E-state index >= 15 is 0 Å². The summed E-state index contributed by atoms with van der Waals surface area (Å²) in [4.78, 5) is 27.4. The van der Waals surface area contributed by atoms with E-state index in [-0.39, 0.29) is 36.2 Å². The van der Waals surface area contributed by atoms with Crippen LogP contribution >= 0.6 is 8.25 Å². The Bertz CT molecular complexity index is 1650. The lowest BCUT2D eigenvalue weighted by Crippen LogP contribution is -2.54. The standard InChI is InChI=1S/C23H33N3O3.C17H19N2O5P/c1-4-26(5-2)18(3)23(27)14-21(29-22-11-12-24-17-25-22)13-20(23)16-28-15-19-9-7-6-8-10-19;20-25(21)24-16-9-15(23-17-6-7-18-12-19-17)8-14(16)11-22-10-13-4-2-1-3-5-13/h6-12,17-18,20-21,27H,4-5,13-16H2,1-3H3;1-7,12,14-16H,8-11H2/p+1/t18?,20-,21-,23-;14-,15-,16+/m11/s1. The highest BCUT2D eigenvalue weighted by atomic mass is 31.1. The second-order valence-corrected chi connectivity index (χ2v) is 14.4. The fourth-order valence-electron chi connectivity index (χ4n) is 7.42. The van der Waals surface area contributed by atoms with Crippen molar-refractivity contribution in [3.8, 4) is 11.8 Å². The summed E-state index contributed by atoms with van der Waals surface area (Å²) in [6.07, 6.45) is 8.05. The number of aliphatic hydroxyl groups is 1. The third-order valence-corrected chi connectivity index (χ3v) is 10.7. The molecule has 2 aliphatic carbocycles. The van der Waals surface area contributed by atoms with Crippen LogP contribution in [0.15, 0.2) is 97.8 Å². The van der Waals surface area contributed by atoms with Gasteiger partial charge in [0.25, 0.3) is 0 Å². The Kier molecular flexibility index (Phi) is 16.2. The van der Waals surface area contributed by atoms with E-state index in [1.54, 1.807) is 24.5 Å². The molecule has 290 valence electrons. The molecule has 2 unspecified atom stereocenters. The van der Waals surface area contributed by atoms with Gasteiger partial charge in [-0.2, -0.15) is 0 Å². The second kappa shape index (κ2) is 21.2. The number of hydrogen-bond donors (Lipinski definition) is 2. The minimum Gasteiger partial charge on any atom is -0.474 e. The molecular formula is C40H53N5O8P+. The Morgan fingerprint density at radius 3 is 1.87 bits per heavy atom. The highest BCUT2D eigenvalue weighted by Gasteiger charge is 2.52. The molecule has 6 rings (SSSR count). The van der Waals surface area contributed by atoms with Crippen molar-refractivity contribution < 1.29 is 38.0 Å². The maximum Gasteiger partial charge on any atom is 0.695 e. The minimum atomic E-state index is -2.66. The summed E-state index contributed by atoms with van der Waals surface area (Å²) in [6, 6.07) is 23.5. The van der Waals surface area contributed by atoms with Gasteiger partial charge in [0.2, 0.25) is 11.8 Å². The lowest BCUT2D eigenvalue weighted by molar-refractivity contribution is -0.0908. The number of ether oxygens (including phenoxy) is 4. The Morgan fingerprint density at radius 1 is 0.796 bits per heavy atom. The van der Waals surface area contributed by atoms with Gasteiger partial charge in [0, 0.05) is 59.8 Å². The molecule has 2 fully saturated rings. The van der Waals surface area contributed by atoms with Gasteiger partial charge in [-0.3, -0.25) is 4.90 Å². The molecule has 2 aromatic carbocycles. The fraction of sp³-hybridized carbons (Fsp3) is 0.500. The highest BCUT2D eigenvalue weighted by Crippen LogP contribution is 2.42.